The highest BCUT2D eigenvalue weighted by atomic mass is 15.2. The minimum atomic E-state index is -0.156. The Hall–Kier alpha value is -10.1. The van der Waals surface area contributed by atoms with Crippen LogP contribution in [0.5, 0.6) is 0 Å². The highest BCUT2D eigenvalue weighted by Gasteiger charge is 2.46. The van der Waals surface area contributed by atoms with E-state index >= 15 is 0 Å². The number of fused-ring (bicyclic) bond motifs is 9. The van der Waals surface area contributed by atoms with E-state index in [0.717, 1.165) is 50.6 Å². The summed E-state index contributed by atoms with van der Waals surface area (Å²) in [5, 5.41) is 2.56. The molecule has 0 unspecified atom stereocenters. The molecule has 4 aliphatic heterocycles. The molecular weight excluding hydrogens is 1120 g/mol. The number of aromatic nitrogens is 1. The molecule has 93 heavy (non-hydrogen) atoms. The molecule has 452 valence electrons. The van der Waals surface area contributed by atoms with Crippen molar-refractivity contribution in [2.24, 2.45) is 0 Å². The molecule has 17 rings (SSSR count). The Morgan fingerprint density at radius 3 is 1.08 bits per heavy atom. The Bertz CT molecular complexity index is 4810. The summed E-state index contributed by atoms with van der Waals surface area (Å²) in [6, 6.07) is 106. The van der Waals surface area contributed by atoms with Gasteiger partial charge in [0.1, 0.15) is 0 Å². The zero-order valence-electron chi connectivity index (χ0n) is 54.2. The molecule has 2 fully saturated rings. The lowest BCUT2D eigenvalue weighted by molar-refractivity contribution is 0.296. The van der Waals surface area contributed by atoms with Crippen LogP contribution in [0.3, 0.4) is 0 Å². The molecule has 5 heteroatoms. The predicted octanol–water partition coefficient (Wildman–Crippen LogP) is 21.7. The van der Waals surface area contributed by atoms with Crippen molar-refractivity contribution in [1.82, 2.24) is 4.57 Å². The van der Waals surface area contributed by atoms with Crippen molar-refractivity contribution in [2.75, 3.05) is 14.7 Å². The lowest BCUT2D eigenvalue weighted by atomic mass is 9.33. The minimum Gasteiger partial charge on any atom is -0.366 e. The number of hydrogen-bond donors (Lipinski definition) is 0. The molecule has 4 nitrogen and oxygen atoms in total. The molecule has 0 spiro atoms. The number of piperidine rings is 2. The van der Waals surface area contributed by atoms with Crippen LogP contribution in [0.4, 0.5) is 39.8 Å². The van der Waals surface area contributed by atoms with Crippen molar-refractivity contribution in [3.05, 3.63) is 284 Å². The lowest BCUT2D eigenvalue weighted by Crippen LogP contribution is -2.61. The zero-order chi connectivity index (χ0) is 62.7. The average molecular weight is 1200 g/mol. The first-order valence-electron chi connectivity index (χ1n) is 33.9. The van der Waals surface area contributed by atoms with Crippen molar-refractivity contribution in [2.45, 2.75) is 103 Å². The summed E-state index contributed by atoms with van der Waals surface area (Å²) in [6.07, 6.45) is 7.56. The van der Waals surface area contributed by atoms with E-state index in [-0.39, 0.29) is 17.5 Å². The third-order valence-electron chi connectivity index (χ3n) is 21.0. The number of anilines is 7. The molecule has 2 bridgehead atoms. The van der Waals surface area contributed by atoms with E-state index in [1.54, 1.807) is 0 Å². The molecule has 0 atom stereocenters. The molecule has 0 saturated carbocycles. The van der Waals surface area contributed by atoms with Crippen molar-refractivity contribution < 1.29 is 0 Å². The van der Waals surface area contributed by atoms with Crippen LogP contribution in [0, 0.1) is 0 Å². The predicted molar refractivity (Wildman–Crippen MR) is 397 cm³/mol. The Balaban J connectivity index is 1.03. The lowest BCUT2D eigenvalue weighted by Gasteiger charge is -2.49. The molecule has 12 aromatic carbocycles. The average Bonchev–Trinajstić information content (AvgIpc) is 0.921. The molecule has 0 amide bonds. The van der Waals surface area contributed by atoms with E-state index in [4.69, 9.17) is 0 Å². The van der Waals surface area contributed by atoms with Crippen molar-refractivity contribution >= 4 is 84.7 Å². The second-order valence-electron chi connectivity index (χ2n) is 28.6. The second kappa shape index (κ2) is 22.3. The van der Waals surface area contributed by atoms with E-state index in [2.05, 4.69) is 334 Å². The van der Waals surface area contributed by atoms with E-state index in [1.165, 1.54) is 138 Å². The third-order valence-corrected chi connectivity index (χ3v) is 21.0. The topological polar surface area (TPSA) is 14.7 Å². The highest BCUT2D eigenvalue weighted by Crippen LogP contribution is 2.55. The van der Waals surface area contributed by atoms with Gasteiger partial charge in [0, 0.05) is 79.2 Å². The van der Waals surface area contributed by atoms with Gasteiger partial charge in [0.15, 0.2) is 0 Å². The molecule has 13 aromatic rings. The Morgan fingerprint density at radius 2 is 0.688 bits per heavy atom. The maximum absolute atomic E-state index is 2.86. The smallest absolute Gasteiger partial charge is 0.252 e. The van der Waals surface area contributed by atoms with E-state index < -0.39 is 0 Å². The van der Waals surface area contributed by atoms with Crippen LogP contribution < -0.4 is 31.1 Å². The number of para-hydroxylation sites is 2. The van der Waals surface area contributed by atoms with Crippen LogP contribution >= 0.6 is 0 Å². The zero-order valence-corrected chi connectivity index (χ0v) is 54.2. The summed E-state index contributed by atoms with van der Waals surface area (Å²) in [5.41, 5.74) is 30.1. The number of benzene rings is 12. The summed E-state index contributed by atoms with van der Waals surface area (Å²) in [6.45, 7) is 13.9. The minimum absolute atomic E-state index is 0.0317. The second-order valence-corrected chi connectivity index (χ2v) is 28.6. The Labute approximate surface area is 549 Å². The normalized spacial score (nSPS) is 15.9. The fraction of sp³-hybridized carbons (Fsp3) is 0.182. The summed E-state index contributed by atoms with van der Waals surface area (Å²) < 4.78 is 2.56. The SMILES string of the molecule is CC(C)(C)c1ccc2c(c1)c1cc(C(C)(C)C)ccc1n2-c1ccc2c(c1)N(c1c(-c3ccccc3)cccc1-c1ccccc1)c1cc(-c3ccccc3)cc3c1B2c1ccc(N2C4CCCC2CCC4)cc1N3c1c(-c2ccccc2)cccc1-c1ccccc1. The molecule has 0 radical (unpaired) electrons. The van der Waals surface area contributed by atoms with Crippen molar-refractivity contribution in [3.8, 4) is 61.3 Å². The highest BCUT2D eigenvalue weighted by molar-refractivity contribution is 7.00. The standard InChI is InChI=1S/C88H77BN4/c1-87(2,3)64-44-50-78-74(54-64)75-55-65(88(4,5)6)45-51-79(75)91(78)69-47-49-77-81(57-69)93(86-72(61-32-18-10-19-33-61)42-25-43-73(86)62-34-20-11-21-35-62)83-53-63(58-26-12-7-13-27-58)52-82-84(83)89(77)76-48-46-68(90-66-36-22-37-67(90)39-23-38-66)56-80(76)92(82)85-70(59-28-14-8-15-29-59)40-24-41-71(85)60-30-16-9-17-31-60/h7-21,24-35,40-57,66-67H,22-23,36-39H2,1-6H3. The quantitative estimate of drug-likeness (QED) is 0.134. The van der Waals surface area contributed by atoms with Gasteiger partial charge >= 0.3 is 0 Å². The number of nitrogens with zero attached hydrogens (tertiary/aromatic N) is 4. The van der Waals surface area contributed by atoms with Gasteiger partial charge in [-0.2, -0.15) is 0 Å². The van der Waals surface area contributed by atoms with E-state index in [9.17, 15) is 0 Å². The Morgan fingerprint density at radius 1 is 0.323 bits per heavy atom. The summed E-state index contributed by atoms with van der Waals surface area (Å²) in [5.74, 6) is 0. The maximum Gasteiger partial charge on any atom is 0.252 e. The number of rotatable bonds is 9. The van der Waals surface area contributed by atoms with Crippen LogP contribution in [0.1, 0.15) is 91.2 Å². The first-order chi connectivity index (χ1) is 45.4. The van der Waals surface area contributed by atoms with Gasteiger partial charge in [-0.05, 0) is 171 Å². The van der Waals surface area contributed by atoms with Crippen LogP contribution in [0.2, 0.25) is 0 Å². The summed E-state index contributed by atoms with van der Waals surface area (Å²) in [7, 11) is 0. The molecular formula is C88H77BN4. The first-order valence-corrected chi connectivity index (χ1v) is 33.9. The van der Waals surface area contributed by atoms with E-state index in [1.807, 2.05) is 0 Å². The molecule has 4 aliphatic rings. The fourth-order valence-corrected chi connectivity index (χ4v) is 16.5. The molecule has 1 aromatic heterocycles. The van der Waals surface area contributed by atoms with Crippen molar-refractivity contribution in [3.63, 3.8) is 0 Å². The molecule has 0 aliphatic carbocycles. The largest absolute Gasteiger partial charge is 0.366 e. The van der Waals surface area contributed by atoms with Gasteiger partial charge in [-0.15, -0.1) is 0 Å². The van der Waals surface area contributed by atoms with Crippen LogP contribution in [0.25, 0.3) is 83.1 Å². The van der Waals surface area contributed by atoms with Crippen LogP contribution in [-0.2, 0) is 10.8 Å². The molecule has 2 saturated heterocycles. The van der Waals surface area contributed by atoms with Gasteiger partial charge in [0.2, 0.25) is 0 Å². The van der Waals surface area contributed by atoms with Gasteiger partial charge < -0.3 is 19.3 Å². The fourth-order valence-electron chi connectivity index (χ4n) is 16.5. The van der Waals surface area contributed by atoms with E-state index in [0.29, 0.717) is 12.1 Å². The molecule has 5 heterocycles. The summed E-state index contributed by atoms with van der Waals surface area (Å²) >= 11 is 0. The molecule has 0 N–H and O–H groups in total. The van der Waals surface area contributed by atoms with Gasteiger partial charge in [-0.3, -0.25) is 0 Å². The third kappa shape index (κ3) is 9.56. The summed E-state index contributed by atoms with van der Waals surface area (Å²) in [4.78, 5) is 8.31. The first kappa shape index (κ1) is 56.9. The van der Waals surface area contributed by atoms with Crippen molar-refractivity contribution in [1.29, 1.82) is 0 Å². The van der Waals surface area contributed by atoms with Crippen LogP contribution in [-0.4, -0.2) is 23.4 Å². The Kier molecular flexibility index (Phi) is 13.7. The van der Waals surface area contributed by atoms with Gasteiger partial charge in [-0.25, -0.2) is 0 Å². The van der Waals surface area contributed by atoms with Gasteiger partial charge in [-0.1, -0.05) is 254 Å². The maximum atomic E-state index is 2.86. The van der Waals surface area contributed by atoms with Gasteiger partial charge in [0.05, 0.1) is 22.4 Å². The van der Waals surface area contributed by atoms with Crippen LogP contribution in [0.15, 0.2) is 273 Å². The monoisotopic (exact) mass is 1200 g/mol. The van der Waals surface area contributed by atoms with Gasteiger partial charge in [0.25, 0.3) is 6.71 Å². The number of hydrogen-bond acceptors (Lipinski definition) is 3.